The Hall–Kier alpha value is -3.12. The van der Waals surface area contributed by atoms with Crippen LogP contribution in [0, 0.1) is 0 Å². The molecule has 28 heavy (non-hydrogen) atoms. The van der Waals surface area contributed by atoms with Crippen LogP contribution in [0.3, 0.4) is 0 Å². The quantitative estimate of drug-likeness (QED) is 0.642. The molecule has 0 radical (unpaired) electrons. The van der Waals surface area contributed by atoms with Gasteiger partial charge >= 0.3 is 0 Å². The van der Waals surface area contributed by atoms with Crippen LogP contribution in [0.4, 0.5) is 5.82 Å². The molecule has 0 amide bonds. The predicted octanol–water partition coefficient (Wildman–Crippen LogP) is 4.54. The molecule has 3 heterocycles. The second kappa shape index (κ2) is 7.48. The van der Waals surface area contributed by atoms with Crippen molar-refractivity contribution in [1.82, 2.24) is 14.5 Å². The molecular formula is C22H22N4OS. The van der Waals surface area contributed by atoms with Gasteiger partial charge in [-0.1, -0.05) is 42.5 Å². The summed E-state index contributed by atoms with van der Waals surface area (Å²) in [7, 11) is -0.704. The Labute approximate surface area is 166 Å². The van der Waals surface area contributed by atoms with E-state index < -0.39 is 10.9 Å². The summed E-state index contributed by atoms with van der Waals surface area (Å²) in [6.07, 6.45) is 5.88. The van der Waals surface area contributed by atoms with Gasteiger partial charge in [0, 0.05) is 29.4 Å². The molecule has 3 aromatic rings. The molecule has 0 spiro atoms. The molecule has 142 valence electrons. The van der Waals surface area contributed by atoms with E-state index in [0.29, 0.717) is 5.82 Å². The Balaban J connectivity index is 1.97. The lowest BCUT2D eigenvalue weighted by Crippen LogP contribution is -2.20. The van der Waals surface area contributed by atoms with E-state index in [2.05, 4.69) is 10.8 Å². The fourth-order valence-corrected chi connectivity index (χ4v) is 4.63. The summed E-state index contributed by atoms with van der Waals surface area (Å²) in [6.45, 7) is 3.97. The number of rotatable bonds is 4. The minimum Gasteiger partial charge on any atom is -0.381 e. The summed E-state index contributed by atoms with van der Waals surface area (Å²) in [5, 5.41) is 5.00. The van der Waals surface area contributed by atoms with Gasteiger partial charge in [0.15, 0.2) is 5.82 Å². The second-order valence-electron chi connectivity index (χ2n) is 6.84. The van der Waals surface area contributed by atoms with E-state index in [1.807, 2.05) is 68.6 Å². The maximum Gasteiger partial charge on any atom is 0.250 e. The SMILES string of the molecule is CC(C)n1cc(-c2nc([SH]3C=CC=C3)c(N)nc2-c2ccccc2)ccc1=O. The number of hydrogen-bond donors (Lipinski definition) is 2. The van der Waals surface area contributed by atoms with E-state index in [1.165, 1.54) is 0 Å². The minimum absolute atomic E-state index is 0.0327. The smallest absolute Gasteiger partial charge is 0.250 e. The monoisotopic (exact) mass is 390 g/mol. The molecule has 4 rings (SSSR count). The summed E-state index contributed by atoms with van der Waals surface area (Å²) in [5.41, 5.74) is 9.52. The molecule has 0 fully saturated rings. The average Bonchev–Trinajstić information content (AvgIpc) is 3.23. The first kappa shape index (κ1) is 18.3. The zero-order valence-electron chi connectivity index (χ0n) is 15.8. The molecule has 0 saturated carbocycles. The van der Waals surface area contributed by atoms with Gasteiger partial charge in [0.1, 0.15) is 5.03 Å². The minimum atomic E-state index is -0.704. The van der Waals surface area contributed by atoms with E-state index in [0.717, 1.165) is 27.5 Å². The highest BCUT2D eigenvalue weighted by Gasteiger charge is 2.19. The third-order valence-corrected chi connectivity index (χ3v) is 6.37. The van der Waals surface area contributed by atoms with Crippen LogP contribution in [0.15, 0.2) is 81.5 Å². The van der Waals surface area contributed by atoms with Crippen molar-refractivity contribution in [1.29, 1.82) is 0 Å². The topological polar surface area (TPSA) is 73.8 Å². The number of nitrogens with two attached hydrogens (primary N) is 1. The van der Waals surface area contributed by atoms with Crippen molar-refractivity contribution in [2.75, 3.05) is 5.73 Å². The predicted molar refractivity (Wildman–Crippen MR) is 117 cm³/mol. The Kier molecular flexibility index (Phi) is 4.88. The number of thiol groups is 1. The molecule has 6 heteroatoms. The number of hydrogen-bond acceptors (Lipinski definition) is 4. The molecular weight excluding hydrogens is 368 g/mol. The fourth-order valence-electron chi connectivity index (χ4n) is 3.15. The van der Waals surface area contributed by atoms with Gasteiger partial charge in [-0.3, -0.25) is 4.79 Å². The fraction of sp³-hybridized carbons (Fsp3) is 0.136. The molecule has 2 N–H and O–H groups in total. The van der Waals surface area contributed by atoms with Gasteiger partial charge in [-0.15, -0.1) is 0 Å². The summed E-state index contributed by atoms with van der Waals surface area (Å²) in [5.74, 6) is 0.446. The van der Waals surface area contributed by atoms with Crippen LogP contribution in [-0.4, -0.2) is 14.5 Å². The van der Waals surface area contributed by atoms with Gasteiger partial charge in [0.25, 0.3) is 5.56 Å². The largest absolute Gasteiger partial charge is 0.381 e. The van der Waals surface area contributed by atoms with Gasteiger partial charge < -0.3 is 10.3 Å². The van der Waals surface area contributed by atoms with Gasteiger partial charge in [-0.25, -0.2) is 9.97 Å². The number of nitrogens with zero attached hydrogens (tertiary/aromatic N) is 3. The summed E-state index contributed by atoms with van der Waals surface area (Å²) < 4.78 is 1.71. The van der Waals surface area contributed by atoms with E-state index in [9.17, 15) is 4.79 Å². The van der Waals surface area contributed by atoms with Crippen molar-refractivity contribution < 1.29 is 0 Å². The first-order valence-corrected chi connectivity index (χ1v) is 10.6. The number of allylic oxidation sites excluding steroid dienone is 2. The van der Waals surface area contributed by atoms with Crippen LogP contribution in [-0.2, 0) is 0 Å². The maximum absolute atomic E-state index is 12.2. The van der Waals surface area contributed by atoms with Crippen molar-refractivity contribution in [2.45, 2.75) is 24.9 Å². The van der Waals surface area contributed by atoms with Crippen LogP contribution in [0.25, 0.3) is 22.5 Å². The molecule has 1 aliphatic rings. The molecule has 0 saturated heterocycles. The van der Waals surface area contributed by atoms with Crippen LogP contribution in [0.1, 0.15) is 19.9 Å². The number of benzene rings is 1. The standard InChI is InChI=1S/C22H22N4OS/c1-15(2)26-14-17(10-11-18(26)27)20-19(16-8-4-3-5-9-16)24-21(23)22(25-20)28-12-6-7-13-28/h3-15,28H,1-2H3,(H2,23,24). The third kappa shape index (κ3) is 3.39. The molecule has 2 aromatic heterocycles. The van der Waals surface area contributed by atoms with Crippen molar-refractivity contribution in [3.63, 3.8) is 0 Å². The van der Waals surface area contributed by atoms with E-state index in [1.54, 1.807) is 10.6 Å². The lowest BCUT2D eigenvalue weighted by molar-refractivity contribution is 0.579. The van der Waals surface area contributed by atoms with Gasteiger partial charge in [0.2, 0.25) is 0 Å². The average molecular weight is 391 g/mol. The van der Waals surface area contributed by atoms with E-state index in [-0.39, 0.29) is 11.6 Å². The molecule has 0 bridgehead atoms. The number of anilines is 1. The van der Waals surface area contributed by atoms with Gasteiger partial charge in [0.05, 0.1) is 11.4 Å². The van der Waals surface area contributed by atoms with Crippen LogP contribution in [0.5, 0.6) is 0 Å². The van der Waals surface area contributed by atoms with Crippen LogP contribution < -0.4 is 11.3 Å². The Morgan fingerprint density at radius 3 is 2.29 bits per heavy atom. The summed E-state index contributed by atoms with van der Waals surface area (Å²) in [6, 6.07) is 13.3. The number of nitrogen functional groups attached to an aromatic ring is 1. The normalized spacial score (nSPS) is 14.2. The highest BCUT2D eigenvalue weighted by atomic mass is 32.2. The Morgan fingerprint density at radius 1 is 0.929 bits per heavy atom. The maximum atomic E-state index is 12.2. The zero-order chi connectivity index (χ0) is 19.7. The van der Waals surface area contributed by atoms with Crippen molar-refractivity contribution in [3.8, 4) is 22.5 Å². The molecule has 0 unspecified atom stereocenters. The molecule has 0 aliphatic carbocycles. The number of pyridine rings is 1. The Bertz CT molecular complexity index is 1120. The van der Waals surface area contributed by atoms with Gasteiger partial charge in [-0.05, 0) is 30.7 Å². The van der Waals surface area contributed by atoms with Gasteiger partial charge in [-0.2, -0.15) is 10.9 Å². The van der Waals surface area contributed by atoms with Crippen LogP contribution in [0.2, 0.25) is 0 Å². The van der Waals surface area contributed by atoms with E-state index in [4.69, 9.17) is 15.7 Å². The van der Waals surface area contributed by atoms with Crippen molar-refractivity contribution >= 4 is 16.7 Å². The first-order chi connectivity index (χ1) is 13.5. The molecule has 1 aliphatic heterocycles. The van der Waals surface area contributed by atoms with Crippen LogP contribution >= 0.6 is 10.9 Å². The van der Waals surface area contributed by atoms with Crippen molar-refractivity contribution in [2.24, 2.45) is 0 Å². The van der Waals surface area contributed by atoms with E-state index >= 15 is 0 Å². The highest BCUT2D eigenvalue weighted by Crippen LogP contribution is 2.45. The number of aromatic nitrogens is 3. The zero-order valence-corrected chi connectivity index (χ0v) is 16.7. The molecule has 0 atom stereocenters. The first-order valence-electron chi connectivity index (χ1n) is 9.13. The molecule has 5 nitrogen and oxygen atoms in total. The summed E-state index contributed by atoms with van der Waals surface area (Å²) >= 11 is 0. The lowest BCUT2D eigenvalue weighted by atomic mass is 10.1. The Morgan fingerprint density at radius 2 is 1.61 bits per heavy atom. The third-order valence-electron chi connectivity index (χ3n) is 4.57. The summed E-state index contributed by atoms with van der Waals surface area (Å²) in [4.78, 5) is 21.9. The highest BCUT2D eigenvalue weighted by molar-refractivity contribution is 8.22. The van der Waals surface area contributed by atoms with Crippen molar-refractivity contribution in [3.05, 3.63) is 82.0 Å². The molecule has 1 aromatic carbocycles. The lowest BCUT2D eigenvalue weighted by Gasteiger charge is -2.18. The second-order valence-corrected chi connectivity index (χ2v) is 8.68.